The van der Waals surface area contributed by atoms with E-state index in [4.69, 9.17) is 4.89 Å². The largest absolute Gasteiger partial charge is 0.472 e. The molecule has 2 atom stereocenters. The minimum atomic E-state index is -4.13. The monoisotopic (exact) mass is 174 g/mol. The van der Waals surface area contributed by atoms with Crippen molar-refractivity contribution in [3.05, 3.63) is 0 Å². The van der Waals surface area contributed by atoms with Crippen LogP contribution in [0.4, 0.5) is 8.78 Å². The highest BCUT2D eigenvalue weighted by atomic mass is 31.2. The summed E-state index contributed by atoms with van der Waals surface area (Å²) in [6.45, 7) is -0.522. The third-order valence-corrected chi connectivity index (χ3v) is 1.96. The van der Waals surface area contributed by atoms with Crippen LogP contribution in [0.5, 0.6) is 0 Å². The van der Waals surface area contributed by atoms with Crippen LogP contribution in [0.1, 0.15) is 0 Å². The van der Waals surface area contributed by atoms with Gasteiger partial charge >= 0.3 is 7.82 Å². The van der Waals surface area contributed by atoms with Crippen molar-refractivity contribution in [3.8, 4) is 0 Å². The fourth-order valence-corrected chi connectivity index (χ4v) is 1.41. The maximum Gasteiger partial charge on any atom is 0.472 e. The molecule has 0 saturated carbocycles. The van der Waals surface area contributed by atoms with E-state index >= 15 is 0 Å². The Balaban J connectivity index is 2.51. The van der Waals surface area contributed by atoms with Gasteiger partial charge in [0.1, 0.15) is 0 Å². The topological polar surface area (TPSA) is 55.8 Å². The lowest BCUT2D eigenvalue weighted by molar-refractivity contribution is 0.0209. The van der Waals surface area contributed by atoms with Gasteiger partial charge in [-0.15, -0.1) is 0 Å². The number of halogens is 2. The van der Waals surface area contributed by atoms with Gasteiger partial charge in [-0.2, -0.15) is 0 Å². The van der Waals surface area contributed by atoms with Gasteiger partial charge in [0, 0.05) is 0 Å². The van der Waals surface area contributed by atoms with Crippen LogP contribution < -0.4 is 0 Å². The minimum absolute atomic E-state index is 0.522. The highest BCUT2D eigenvalue weighted by molar-refractivity contribution is 7.47. The molecule has 2 unspecified atom stereocenters. The van der Waals surface area contributed by atoms with Crippen molar-refractivity contribution >= 4 is 7.82 Å². The van der Waals surface area contributed by atoms with Gasteiger partial charge < -0.3 is 4.89 Å². The van der Waals surface area contributed by atoms with Crippen LogP contribution in [0.25, 0.3) is 0 Å². The van der Waals surface area contributed by atoms with Gasteiger partial charge in [-0.05, 0) is 0 Å². The molecule has 0 aliphatic carbocycles. The Kier molecular flexibility index (Phi) is 2.05. The molecule has 1 saturated heterocycles. The standard InChI is InChI=1S/C3H5F2O4P/c4-3(5)2-1-8-10(6,7)9-2/h2-3H,1H2,(H,6,7). The number of hydrogen-bond donors (Lipinski definition) is 1. The number of hydrogen-bond acceptors (Lipinski definition) is 3. The summed E-state index contributed by atoms with van der Waals surface area (Å²) < 4.78 is 41.6. The summed E-state index contributed by atoms with van der Waals surface area (Å²) in [6, 6.07) is 0. The van der Waals surface area contributed by atoms with Gasteiger partial charge in [0.25, 0.3) is 6.43 Å². The maximum atomic E-state index is 11.6. The molecule has 0 spiro atoms. The van der Waals surface area contributed by atoms with E-state index < -0.39 is 27.0 Å². The zero-order valence-corrected chi connectivity index (χ0v) is 5.63. The molecule has 0 aromatic heterocycles. The minimum Gasteiger partial charge on any atom is -0.302 e. The molecule has 1 rings (SSSR count). The van der Waals surface area contributed by atoms with Crippen molar-refractivity contribution in [2.24, 2.45) is 0 Å². The Morgan fingerprint density at radius 3 is 2.50 bits per heavy atom. The summed E-state index contributed by atoms with van der Waals surface area (Å²) in [5.74, 6) is 0. The van der Waals surface area contributed by atoms with E-state index in [1.807, 2.05) is 0 Å². The molecular formula is C3H5F2O4P. The quantitative estimate of drug-likeness (QED) is 0.596. The van der Waals surface area contributed by atoms with Crippen LogP contribution in [-0.2, 0) is 13.6 Å². The van der Waals surface area contributed by atoms with E-state index in [1.165, 1.54) is 0 Å². The van der Waals surface area contributed by atoms with E-state index in [0.717, 1.165) is 0 Å². The first-order valence-electron chi connectivity index (χ1n) is 2.45. The van der Waals surface area contributed by atoms with E-state index in [2.05, 4.69) is 9.05 Å². The Morgan fingerprint density at radius 1 is 1.70 bits per heavy atom. The van der Waals surface area contributed by atoms with Crippen LogP contribution in [-0.4, -0.2) is 24.0 Å². The zero-order valence-electron chi connectivity index (χ0n) is 4.74. The maximum absolute atomic E-state index is 11.6. The predicted molar refractivity (Wildman–Crippen MR) is 26.7 cm³/mol. The number of rotatable bonds is 1. The molecule has 10 heavy (non-hydrogen) atoms. The van der Waals surface area contributed by atoms with Crippen molar-refractivity contribution in [1.29, 1.82) is 0 Å². The van der Waals surface area contributed by atoms with E-state index in [9.17, 15) is 13.3 Å². The summed E-state index contributed by atoms with van der Waals surface area (Å²) in [5.41, 5.74) is 0. The second-order valence-electron chi connectivity index (χ2n) is 1.74. The fourth-order valence-electron chi connectivity index (χ4n) is 0.518. The molecule has 0 bridgehead atoms. The van der Waals surface area contributed by atoms with Crippen molar-refractivity contribution in [3.63, 3.8) is 0 Å². The number of phosphoric ester groups is 1. The molecular weight excluding hydrogens is 169 g/mol. The molecule has 1 heterocycles. The lowest BCUT2D eigenvalue weighted by Crippen LogP contribution is -2.18. The smallest absolute Gasteiger partial charge is 0.302 e. The molecule has 7 heteroatoms. The van der Waals surface area contributed by atoms with Gasteiger partial charge in [-0.1, -0.05) is 0 Å². The molecule has 0 amide bonds. The van der Waals surface area contributed by atoms with Gasteiger partial charge in [0.05, 0.1) is 6.61 Å². The summed E-state index contributed by atoms with van der Waals surface area (Å²) in [7, 11) is -4.13. The molecule has 1 N–H and O–H groups in total. The second kappa shape index (κ2) is 2.54. The fraction of sp³-hybridized carbons (Fsp3) is 1.00. The van der Waals surface area contributed by atoms with Gasteiger partial charge in [0.2, 0.25) is 0 Å². The zero-order chi connectivity index (χ0) is 7.78. The highest BCUT2D eigenvalue weighted by Crippen LogP contribution is 2.50. The average Bonchev–Trinajstić information content (AvgIpc) is 2.10. The van der Waals surface area contributed by atoms with E-state index in [-0.39, 0.29) is 0 Å². The predicted octanol–water partition coefficient (Wildman–Crippen LogP) is 0.767. The van der Waals surface area contributed by atoms with E-state index in [1.54, 1.807) is 0 Å². The third-order valence-electron chi connectivity index (χ3n) is 0.952. The van der Waals surface area contributed by atoms with Crippen molar-refractivity contribution < 1.29 is 27.3 Å². The van der Waals surface area contributed by atoms with Crippen LogP contribution in [0.2, 0.25) is 0 Å². The first-order chi connectivity index (χ1) is 4.51. The summed E-state index contributed by atoms with van der Waals surface area (Å²) >= 11 is 0. The lowest BCUT2D eigenvalue weighted by atomic mass is 10.4. The van der Waals surface area contributed by atoms with Crippen molar-refractivity contribution in [1.82, 2.24) is 0 Å². The van der Waals surface area contributed by atoms with Crippen molar-refractivity contribution in [2.75, 3.05) is 6.61 Å². The van der Waals surface area contributed by atoms with Crippen LogP contribution in [0, 0.1) is 0 Å². The first kappa shape index (κ1) is 8.07. The first-order valence-corrected chi connectivity index (χ1v) is 3.95. The number of alkyl halides is 2. The summed E-state index contributed by atoms with van der Waals surface area (Å²) in [4.78, 5) is 8.39. The van der Waals surface area contributed by atoms with Gasteiger partial charge in [-0.3, -0.25) is 9.05 Å². The average molecular weight is 174 g/mol. The Bertz CT molecular complexity index is 172. The van der Waals surface area contributed by atoms with E-state index in [0.29, 0.717) is 0 Å². The molecule has 0 aromatic rings. The highest BCUT2D eigenvalue weighted by Gasteiger charge is 2.40. The van der Waals surface area contributed by atoms with Crippen molar-refractivity contribution in [2.45, 2.75) is 12.5 Å². The molecule has 1 aliphatic heterocycles. The van der Waals surface area contributed by atoms with Crippen LogP contribution in [0.3, 0.4) is 0 Å². The SMILES string of the molecule is O=P1(O)OCC(C(F)F)O1. The molecule has 0 aromatic carbocycles. The van der Waals surface area contributed by atoms with Crippen LogP contribution >= 0.6 is 7.82 Å². The molecule has 4 nitrogen and oxygen atoms in total. The molecule has 1 aliphatic rings. The summed E-state index contributed by atoms with van der Waals surface area (Å²) in [5, 5.41) is 0. The Hall–Kier alpha value is -0.0300. The lowest BCUT2D eigenvalue weighted by Gasteiger charge is -2.03. The molecule has 0 radical (unpaired) electrons. The second-order valence-corrected chi connectivity index (χ2v) is 3.15. The third kappa shape index (κ3) is 1.73. The van der Waals surface area contributed by atoms with Crippen LogP contribution in [0.15, 0.2) is 0 Å². The Labute approximate surface area is 55.4 Å². The summed E-state index contributed by atoms with van der Waals surface area (Å²) in [6.07, 6.45) is -4.33. The normalized spacial score (nSPS) is 41.0. The van der Waals surface area contributed by atoms with Gasteiger partial charge in [0.15, 0.2) is 6.10 Å². The molecule has 60 valence electrons. The molecule has 1 fully saturated rings. The number of phosphoric acid groups is 1. The van der Waals surface area contributed by atoms with Gasteiger partial charge in [-0.25, -0.2) is 13.3 Å². The Morgan fingerprint density at radius 2 is 2.30 bits per heavy atom.